The predicted octanol–water partition coefficient (Wildman–Crippen LogP) is 1.94. The third-order valence-corrected chi connectivity index (χ3v) is 3.84. The van der Waals surface area contributed by atoms with Crippen LogP contribution in [0.5, 0.6) is 0 Å². The second-order valence-corrected chi connectivity index (χ2v) is 5.65. The van der Waals surface area contributed by atoms with Gasteiger partial charge in [0.25, 0.3) is 0 Å². The van der Waals surface area contributed by atoms with Gasteiger partial charge in [0.1, 0.15) is 0 Å². The minimum Gasteiger partial charge on any atom is -0.315 e. The number of benzene rings is 1. The molecule has 0 bridgehead atoms. The van der Waals surface area contributed by atoms with Gasteiger partial charge in [0.2, 0.25) is 10.0 Å². The van der Waals surface area contributed by atoms with Crippen LogP contribution in [0.1, 0.15) is 13.3 Å². The van der Waals surface area contributed by atoms with Crippen LogP contribution in [0.4, 0.5) is 17.6 Å². The SMILES string of the molecule is CCCNCCNS(=O)(=O)c1c(F)c(F)cc(F)c1F.Cl. The van der Waals surface area contributed by atoms with Gasteiger partial charge in [-0.15, -0.1) is 12.4 Å². The molecule has 0 aliphatic heterocycles. The Labute approximate surface area is 126 Å². The number of nitrogens with one attached hydrogen (secondary N) is 2. The second-order valence-electron chi connectivity index (χ2n) is 3.95. The van der Waals surface area contributed by atoms with E-state index in [4.69, 9.17) is 0 Å². The van der Waals surface area contributed by atoms with Gasteiger partial charge >= 0.3 is 0 Å². The van der Waals surface area contributed by atoms with Crippen molar-refractivity contribution in [1.29, 1.82) is 0 Å². The van der Waals surface area contributed by atoms with Crippen molar-refractivity contribution in [2.24, 2.45) is 0 Å². The largest absolute Gasteiger partial charge is 0.315 e. The van der Waals surface area contributed by atoms with Crippen LogP contribution < -0.4 is 10.0 Å². The summed E-state index contributed by atoms with van der Waals surface area (Å²) in [5.41, 5.74) is 0. The van der Waals surface area contributed by atoms with Crippen LogP contribution in [-0.2, 0) is 10.0 Å². The molecule has 0 spiro atoms. The zero-order valence-corrected chi connectivity index (χ0v) is 12.7. The highest BCUT2D eigenvalue weighted by Crippen LogP contribution is 2.23. The molecule has 0 unspecified atom stereocenters. The van der Waals surface area contributed by atoms with E-state index in [1.807, 2.05) is 11.6 Å². The number of sulfonamides is 1. The van der Waals surface area contributed by atoms with E-state index in [1.54, 1.807) is 0 Å². The van der Waals surface area contributed by atoms with E-state index in [1.165, 1.54) is 0 Å². The Bertz CT molecular complexity index is 558. The van der Waals surface area contributed by atoms with Crippen LogP contribution in [0.25, 0.3) is 0 Å². The summed E-state index contributed by atoms with van der Waals surface area (Å²) in [6.45, 7) is 2.59. The van der Waals surface area contributed by atoms with Crippen molar-refractivity contribution in [2.75, 3.05) is 19.6 Å². The highest BCUT2D eigenvalue weighted by molar-refractivity contribution is 7.89. The van der Waals surface area contributed by atoms with Gasteiger partial charge < -0.3 is 5.32 Å². The smallest absolute Gasteiger partial charge is 0.246 e. The molecule has 0 amide bonds. The van der Waals surface area contributed by atoms with Crippen molar-refractivity contribution in [1.82, 2.24) is 10.0 Å². The summed E-state index contributed by atoms with van der Waals surface area (Å²) in [6.07, 6.45) is 0.825. The summed E-state index contributed by atoms with van der Waals surface area (Å²) >= 11 is 0. The third kappa shape index (κ3) is 5.10. The van der Waals surface area contributed by atoms with Crippen LogP contribution in [0, 0.1) is 23.3 Å². The van der Waals surface area contributed by atoms with Gasteiger partial charge in [0.05, 0.1) is 0 Å². The minimum absolute atomic E-state index is 0. The molecule has 1 aromatic rings. The highest BCUT2D eigenvalue weighted by Gasteiger charge is 2.29. The first-order valence-corrected chi connectivity index (χ1v) is 7.33. The molecule has 0 aliphatic carbocycles. The van der Waals surface area contributed by atoms with Crippen molar-refractivity contribution in [3.8, 4) is 0 Å². The molecule has 0 aliphatic rings. The fourth-order valence-corrected chi connectivity index (χ4v) is 2.62. The fourth-order valence-electron chi connectivity index (χ4n) is 1.43. The quantitative estimate of drug-likeness (QED) is 0.449. The maximum Gasteiger partial charge on any atom is 0.246 e. The van der Waals surface area contributed by atoms with Gasteiger partial charge in [-0.1, -0.05) is 6.92 Å². The first-order valence-electron chi connectivity index (χ1n) is 5.84. The van der Waals surface area contributed by atoms with Crippen LogP contribution >= 0.6 is 12.4 Å². The van der Waals surface area contributed by atoms with E-state index in [-0.39, 0.29) is 31.6 Å². The topological polar surface area (TPSA) is 58.2 Å². The lowest BCUT2D eigenvalue weighted by atomic mass is 10.3. The zero-order valence-electron chi connectivity index (χ0n) is 11.1. The molecule has 0 saturated carbocycles. The predicted molar refractivity (Wildman–Crippen MR) is 71.9 cm³/mol. The number of halogens is 5. The molecule has 0 aromatic heterocycles. The van der Waals surface area contributed by atoms with E-state index in [0.29, 0.717) is 6.54 Å². The molecule has 0 saturated heterocycles. The standard InChI is InChI=1S/C11H14F4N2O2S.ClH/c1-2-3-16-4-5-17-20(18,19)11-9(14)7(12)6-8(13)10(11)15;/h6,16-17H,2-5H2,1H3;1H. The summed E-state index contributed by atoms with van der Waals surface area (Å²) < 4.78 is 77.8. The number of rotatable bonds is 7. The first-order chi connectivity index (χ1) is 9.31. The summed E-state index contributed by atoms with van der Waals surface area (Å²) in [5, 5.41) is 2.85. The van der Waals surface area contributed by atoms with E-state index >= 15 is 0 Å². The molecule has 0 fully saturated rings. The molecule has 4 nitrogen and oxygen atoms in total. The average Bonchev–Trinajstić information content (AvgIpc) is 2.36. The molecule has 0 atom stereocenters. The molecule has 122 valence electrons. The van der Waals surface area contributed by atoms with Gasteiger partial charge in [-0.05, 0) is 13.0 Å². The molecular weight excluding hydrogens is 336 g/mol. The molecule has 0 radical (unpaired) electrons. The van der Waals surface area contributed by atoms with Crippen molar-refractivity contribution >= 4 is 22.4 Å². The summed E-state index contributed by atoms with van der Waals surface area (Å²) in [5.74, 6) is -7.43. The van der Waals surface area contributed by atoms with E-state index in [0.717, 1.165) is 6.42 Å². The Hall–Kier alpha value is -0.900. The second kappa shape index (κ2) is 8.52. The summed E-state index contributed by atoms with van der Waals surface area (Å²) in [7, 11) is -4.67. The van der Waals surface area contributed by atoms with Gasteiger partial charge in [-0.25, -0.2) is 30.7 Å². The highest BCUT2D eigenvalue weighted by atomic mass is 35.5. The minimum atomic E-state index is -4.67. The molecule has 10 heteroatoms. The lowest BCUT2D eigenvalue weighted by Crippen LogP contribution is -2.33. The normalized spacial score (nSPS) is 11.3. The Balaban J connectivity index is 0.00000400. The van der Waals surface area contributed by atoms with Crippen molar-refractivity contribution < 1.29 is 26.0 Å². The Morgan fingerprint density at radius 2 is 1.52 bits per heavy atom. The number of hydrogen-bond donors (Lipinski definition) is 2. The Kier molecular flexibility index (Phi) is 8.16. The third-order valence-electron chi connectivity index (χ3n) is 2.36. The number of hydrogen-bond acceptors (Lipinski definition) is 3. The van der Waals surface area contributed by atoms with Crippen molar-refractivity contribution in [3.63, 3.8) is 0 Å². The van der Waals surface area contributed by atoms with E-state index in [2.05, 4.69) is 5.32 Å². The van der Waals surface area contributed by atoms with E-state index < -0.39 is 38.2 Å². The van der Waals surface area contributed by atoms with E-state index in [9.17, 15) is 26.0 Å². The zero-order chi connectivity index (χ0) is 15.3. The van der Waals surface area contributed by atoms with Gasteiger partial charge in [0.15, 0.2) is 28.2 Å². The molecular formula is C11H15ClF4N2O2S. The molecule has 2 N–H and O–H groups in total. The Morgan fingerprint density at radius 3 is 2.00 bits per heavy atom. The van der Waals surface area contributed by atoms with Gasteiger partial charge in [-0.2, -0.15) is 0 Å². The molecule has 1 rings (SSSR count). The van der Waals surface area contributed by atoms with Crippen LogP contribution in [0.2, 0.25) is 0 Å². The average molecular weight is 351 g/mol. The maximum atomic E-state index is 13.4. The summed E-state index contributed by atoms with van der Waals surface area (Å²) in [6, 6.07) is -0.0491. The van der Waals surface area contributed by atoms with Gasteiger partial charge in [-0.3, -0.25) is 0 Å². The monoisotopic (exact) mass is 350 g/mol. The van der Waals surface area contributed by atoms with Crippen LogP contribution in [0.3, 0.4) is 0 Å². The van der Waals surface area contributed by atoms with Crippen LogP contribution in [0.15, 0.2) is 11.0 Å². The first kappa shape index (κ1) is 20.1. The van der Waals surface area contributed by atoms with Crippen LogP contribution in [-0.4, -0.2) is 28.1 Å². The van der Waals surface area contributed by atoms with Crippen molar-refractivity contribution in [3.05, 3.63) is 29.3 Å². The molecule has 0 heterocycles. The molecule has 1 aromatic carbocycles. The maximum absolute atomic E-state index is 13.4. The summed E-state index contributed by atoms with van der Waals surface area (Å²) in [4.78, 5) is -1.65. The van der Waals surface area contributed by atoms with Gasteiger partial charge in [0, 0.05) is 19.2 Å². The molecule has 21 heavy (non-hydrogen) atoms. The lowest BCUT2D eigenvalue weighted by molar-refractivity contribution is 0.418. The Morgan fingerprint density at radius 1 is 1.00 bits per heavy atom. The lowest BCUT2D eigenvalue weighted by Gasteiger charge is -2.10. The van der Waals surface area contributed by atoms with Crippen molar-refractivity contribution in [2.45, 2.75) is 18.2 Å². The fraction of sp³-hybridized carbons (Fsp3) is 0.455.